The average Bonchev–Trinajstić information content (AvgIpc) is 3.07. The predicted octanol–water partition coefficient (Wildman–Crippen LogP) is 2.88. The van der Waals surface area contributed by atoms with Gasteiger partial charge in [0.25, 0.3) is 0 Å². The van der Waals surface area contributed by atoms with Crippen molar-refractivity contribution in [1.29, 1.82) is 0 Å². The third-order valence-corrected chi connectivity index (χ3v) is 4.98. The molecule has 0 spiro atoms. The Bertz CT molecular complexity index is 702. The summed E-state index contributed by atoms with van der Waals surface area (Å²) in [6.45, 7) is 2.38. The van der Waals surface area contributed by atoms with Crippen LogP contribution in [0.3, 0.4) is 0 Å². The van der Waals surface area contributed by atoms with E-state index >= 15 is 0 Å². The van der Waals surface area contributed by atoms with Crippen molar-refractivity contribution < 1.29 is 32.6 Å². The minimum atomic E-state index is -4.63. The number of ether oxygens (including phenoxy) is 1. The number of alkyl halides is 3. The summed E-state index contributed by atoms with van der Waals surface area (Å²) < 4.78 is 44.6. The van der Waals surface area contributed by atoms with Gasteiger partial charge in [-0.1, -0.05) is 18.2 Å². The molecule has 4 atom stereocenters. The average molecular weight is 425 g/mol. The molecular weight excluding hydrogens is 401 g/mol. The molecule has 1 aliphatic rings. The first kappa shape index (κ1) is 24.0. The Balaban J connectivity index is 0.00000392. The molecule has 1 amide bonds. The lowest BCUT2D eigenvalue weighted by molar-refractivity contribution is -0.188. The highest BCUT2D eigenvalue weighted by Gasteiger charge is 2.53. The predicted molar refractivity (Wildman–Crippen MR) is 98.5 cm³/mol. The number of hydrogen-bond acceptors (Lipinski definition) is 4. The Labute approximate surface area is 167 Å². The van der Waals surface area contributed by atoms with Crippen LogP contribution >= 0.6 is 12.4 Å². The van der Waals surface area contributed by atoms with E-state index < -0.39 is 48.5 Å². The number of carboxylic acid groups (broad SMARTS) is 1. The number of carbonyl (C=O) groups excluding carboxylic acids is 1. The molecule has 2 N–H and O–H groups in total. The molecule has 1 aromatic rings. The van der Waals surface area contributed by atoms with Crippen LogP contribution in [0, 0.1) is 11.8 Å². The summed E-state index contributed by atoms with van der Waals surface area (Å²) in [6, 6.07) is 5.78. The minimum Gasteiger partial charge on any atom is -0.496 e. The van der Waals surface area contributed by atoms with Gasteiger partial charge in [0.05, 0.1) is 31.0 Å². The highest BCUT2D eigenvalue weighted by Crippen LogP contribution is 2.38. The third-order valence-electron chi connectivity index (χ3n) is 4.98. The molecule has 158 valence electrons. The second-order valence-electron chi connectivity index (χ2n) is 6.69. The van der Waals surface area contributed by atoms with Gasteiger partial charge in [0, 0.05) is 18.7 Å². The normalized spacial score (nSPS) is 22.1. The molecule has 0 saturated carbocycles. The number of rotatable bonds is 6. The van der Waals surface area contributed by atoms with Crippen molar-refractivity contribution in [2.75, 3.05) is 20.2 Å². The summed E-state index contributed by atoms with van der Waals surface area (Å²) in [5.41, 5.74) is 0.735. The topological polar surface area (TPSA) is 78.9 Å². The molecule has 1 saturated heterocycles. The summed E-state index contributed by atoms with van der Waals surface area (Å²) in [5.74, 6) is -4.96. The molecule has 2 unspecified atom stereocenters. The second-order valence-corrected chi connectivity index (χ2v) is 6.69. The van der Waals surface area contributed by atoms with E-state index in [0.717, 1.165) is 5.56 Å². The van der Waals surface area contributed by atoms with Gasteiger partial charge in [-0.3, -0.25) is 14.5 Å². The van der Waals surface area contributed by atoms with Crippen LogP contribution in [0.2, 0.25) is 0 Å². The van der Waals surface area contributed by atoms with E-state index in [2.05, 4.69) is 5.32 Å². The molecule has 10 heteroatoms. The number of para-hydroxylation sites is 1. The van der Waals surface area contributed by atoms with Gasteiger partial charge in [-0.15, -0.1) is 12.4 Å². The first-order valence-corrected chi connectivity index (χ1v) is 8.53. The zero-order valence-corrected chi connectivity index (χ0v) is 16.5. The number of nitrogens with zero attached hydrogens (tertiary/aromatic N) is 1. The van der Waals surface area contributed by atoms with Crippen molar-refractivity contribution in [3.63, 3.8) is 0 Å². The number of carboxylic acids is 1. The van der Waals surface area contributed by atoms with Crippen molar-refractivity contribution in [3.8, 4) is 5.75 Å². The van der Waals surface area contributed by atoms with Crippen molar-refractivity contribution in [2.45, 2.75) is 32.1 Å². The smallest absolute Gasteiger partial charge is 0.393 e. The van der Waals surface area contributed by atoms with Crippen molar-refractivity contribution in [1.82, 2.24) is 10.2 Å². The van der Waals surface area contributed by atoms with Gasteiger partial charge >= 0.3 is 12.1 Å². The highest BCUT2D eigenvalue weighted by atomic mass is 35.5. The molecule has 1 aliphatic heterocycles. The monoisotopic (exact) mass is 424 g/mol. The first-order chi connectivity index (χ1) is 12.6. The van der Waals surface area contributed by atoms with Crippen LogP contribution in [0.25, 0.3) is 0 Å². The molecule has 0 bridgehead atoms. The van der Waals surface area contributed by atoms with E-state index in [1.54, 1.807) is 31.2 Å². The van der Waals surface area contributed by atoms with Gasteiger partial charge in [-0.25, -0.2) is 0 Å². The summed E-state index contributed by atoms with van der Waals surface area (Å²) >= 11 is 0. The van der Waals surface area contributed by atoms with Crippen molar-refractivity contribution in [3.05, 3.63) is 29.8 Å². The lowest BCUT2D eigenvalue weighted by Crippen LogP contribution is -2.45. The van der Waals surface area contributed by atoms with Crippen LogP contribution < -0.4 is 10.1 Å². The molecule has 1 heterocycles. The van der Waals surface area contributed by atoms with E-state index in [1.165, 1.54) is 18.9 Å². The Hall–Kier alpha value is -2.00. The molecule has 0 aliphatic carbocycles. The van der Waals surface area contributed by atoms with Gasteiger partial charge in [-0.05, 0) is 19.9 Å². The third kappa shape index (κ3) is 5.29. The number of benzene rings is 1. The molecule has 0 aromatic heterocycles. The highest BCUT2D eigenvalue weighted by molar-refractivity contribution is 5.85. The Kier molecular flexibility index (Phi) is 8.13. The molecule has 28 heavy (non-hydrogen) atoms. The van der Waals surface area contributed by atoms with E-state index in [4.69, 9.17) is 9.84 Å². The number of nitrogens with one attached hydrogen (secondary N) is 1. The van der Waals surface area contributed by atoms with Crippen LogP contribution in [-0.4, -0.2) is 54.3 Å². The van der Waals surface area contributed by atoms with Crippen LogP contribution in [0.5, 0.6) is 5.75 Å². The molecule has 0 radical (unpaired) electrons. The molecule has 1 fully saturated rings. The second kappa shape index (κ2) is 9.47. The number of methoxy groups -OCH3 is 1. The van der Waals surface area contributed by atoms with E-state index in [9.17, 15) is 22.8 Å². The van der Waals surface area contributed by atoms with Crippen LogP contribution in [0.4, 0.5) is 13.2 Å². The molecular formula is C18H24ClF3N2O4. The van der Waals surface area contributed by atoms with Gasteiger partial charge < -0.3 is 15.2 Å². The fourth-order valence-electron chi connectivity index (χ4n) is 3.33. The Morgan fingerprint density at radius 3 is 2.36 bits per heavy atom. The van der Waals surface area contributed by atoms with Crippen LogP contribution in [0.1, 0.15) is 25.5 Å². The van der Waals surface area contributed by atoms with E-state index in [-0.39, 0.29) is 19.0 Å². The first-order valence-electron chi connectivity index (χ1n) is 8.53. The van der Waals surface area contributed by atoms with Crippen molar-refractivity contribution >= 4 is 24.3 Å². The van der Waals surface area contributed by atoms with Crippen LogP contribution in [0.15, 0.2) is 24.3 Å². The maximum Gasteiger partial charge on any atom is 0.393 e. The summed E-state index contributed by atoms with van der Waals surface area (Å²) in [6.07, 6.45) is -4.63. The van der Waals surface area contributed by atoms with E-state index in [1.807, 2.05) is 0 Å². The summed E-state index contributed by atoms with van der Waals surface area (Å²) in [7, 11) is 1.50. The zero-order chi connectivity index (χ0) is 20.4. The maximum absolute atomic E-state index is 13.1. The molecule has 6 nitrogen and oxygen atoms in total. The largest absolute Gasteiger partial charge is 0.496 e. The number of likely N-dealkylation sites (tertiary alicyclic amines) is 1. The number of hydrogen-bond donors (Lipinski definition) is 2. The van der Waals surface area contributed by atoms with Gasteiger partial charge in [0.2, 0.25) is 5.91 Å². The number of halogens is 4. The Morgan fingerprint density at radius 2 is 1.86 bits per heavy atom. The molecule has 2 rings (SSSR count). The lowest BCUT2D eigenvalue weighted by atomic mass is 9.96. The number of amides is 1. The fourth-order valence-corrected chi connectivity index (χ4v) is 3.33. The maximum atomic E-state index is 13.1. The summed E-state index contributed by atoms with van der Waals surface area (Å²) in [5, 5.41) is 11.9. The van der Waals surface area contributed by atoms with Gasteiger partial charge in [0.15, 0.2) is 0 Å². The van der Waals surface area contributed by atoms with Gasteiger partial charge in [0.1, 0.15) is 5.75 Å². The van der Waals surface area contributed by atoms with Gasteiger partial charge in [-0.2, -0.15) is 13.2 Å². The number of carbonyl (C=O) groups is 2. The zero-order valence-electron chi connectivity index (χ0n) is 15.7. The lowest BCUT2D eigenvalue weighted by Gasteiger charge is -2.26. The number of aliphatic carboxylic acids is 1. The standard InChI is InChI=1S/C18H23F3N2O4.ClH/c1-10(12-6-4-5-7-15(12)27-3)22-16(24)11(2)23-8-13(17(25)26)14(9-23)18(19,20)21;/h4-7,10-11,13-14H,8-9H2,1-3H3,(H,22,24)(H,25,26);1H/t10?,11?,13-,14-;/m1./s1. The quantitative estimate of drug-likeness (QED) is 0.734. The minimum absolute atomic E-state index is 0. The van der Waals surface area contributed by atoms with Crippen molar-refractivity contribution in [2.24, 2.45) is 11.8 Å². The fraction of sp³-hybridized carbons (Fsp3) is 0.556. The summed E-state index contributed by atoms with van der Waals surface area (Å²) in [4.78, 5) is 25.0. The Morgan fingerprint density at radius 1 is 1.25 bits per heavy atom. The SMILES string of the molecule is COc1ccccc1C(C)NC(=O)C(C)N1C[C@@H](C(F)(F)F)[C@H](C(=O)O)C1.Cl. The van der Waals surface area contributed by atoms with E-state index in [0.29, 0.717) is 5.75 Å². The van der Waals surface area contributed by atoms with Crippen LogP contribution in [-0.2, 0) is 9.59 Å². The molecule has 1 aromatic carbocycles.